The topological polar surface area (TPSA) is 81.2 Å². The first kappa shape index (κ1) is 14.6. The fraction of sp³-hybridized carbons (Fsp3) is 0.250. The van der Waals surface area contributed by atoms with E-state index in [0.717, 1.165) is 0 Å². The molecule has 8 heteroatoms. The molecule has 0 radical (unpaired) electrons. The van der Waals surface area contributed by atoms with E-state index in [1.54, 1.807) is 0 Å². The zero-order valence-corrected chi connectivity index (χ0v) is 12.0. The summed E-state index contributed by atoms with van der Waals surface area (Å²) in [6, 6.07) is 4.15. The summed E-state index contributed by atoms with van der Waals surface area (Å²) < 4.78 is 14.7. The van der Waals surface area contributed by atoms with Crippen molar-refractivity contribution in [2.45, 2.75) is 19.6 Å². The number of aliphatic hydroxyl groups excluding tert-OH is 1. The lowest BCUT2D eigenvalue weighted by atomic mass is 10.1. The van der Waals surface area contributed by atoms with Crippen LogP contribution in [0.15, 0.2) is 28.9 Å². The molecule has 0 bridgehead atoms. The molecule has 2 rings (SSSR count). The minimum atomic E-state index is -0.939. The Morgan fingerprint density at radius 1 is 1.60 bits per heavy atom. The molecule has 0 fully saturated rings. The molecule has 1 N–H and O–H groups in total. The average Bonchev–Trinajstić information content (AvgIpc) is 2.73. The maximum absolute atomic E-state index is 13.1. The fourth-order valence-corrected chi connectivity index (χ4v) is 2.18. The number of nitrogens with zero attached hydrogens (tertiary/aromatic N) is 3. The van der Waals surface area contributed by atoms with Crippen molar-refractivity contribution in [3.8, 4) is 0 Å². The van der Waals surface area contributed by atoms with Gasteiger partial charge in [-0.2, -0.15) is 5.10 Å². The van der Waals surface area contributed by atoms with Crippen molar-refractivity contribution in [2.24, 2.45) is 0 Å². The molecule has 0 saturated carbocycles. The van der Waals surface area contributed by atoms with Crippen molar-refractivity contribution >= 4 is 21.6 Å². The number of nitro groups is 1. The monoisotopic (exact) mass is 343 g/mol. The Kier molecular flexibility index (Phi) is 4.15. The molecule has 1 atom stereocenters. The van der Waals surface area contributed by atoms with Crippen molar-refractivity contribution in [3.05, 3.63) is 56.1 Å². The normalized spacial score (nSPS) is 12.4. The van der Waals surface area contributed by atoms with Crippen molar-refractivity contribution in [1.29, 1.82) is 0 Å². The van der Waals surface area contributed by atoms with Crippen LogP contribution in [0, 0.1) is 22.9 Å². The van der Waals surface area contributed by atoms with E-state index in [2.05, 4.69) is 21.0 Å². The van der Waals surface area contributed by atoms with Crippen molar-refractivity contribution in [2.75, 3.05) is 0 Å². The Morgan fingerprint density at radius 3 is 2.85 bits per heavy atom. The number of halogens is 2. The highest BCUT2D eigenvalue weighted by atomic mass is 79.9. The predicted molar refractivity (Wildman–Crippen MR) is 72.7 cm³/mol. The van der Waals surface area contributed by atoms with Crippen LogP contribution in [0.5, 0.6) is 0 Å². The van der Waals surface area contributed by atoms with Crippen LogP contribution in [-0.4, -0.2) is 19.8 Å². The SMILES string of the molecule is Cc1nn(C[C@@H](O)c2ccc(F)c(Br)c2)cc1[N+](=O)[O-]. The molecule has 0 aliphatic heterocycles. The zero-order chi connectivity index (χ0) is 14.9. The Labute approximate surface area is 122 Å². The second kappa shape index (κ2) is 5.68. The van der Waals surface area contributed by atoms with Gasteiger partial charge in [0.2, 0.25) is 0 Å². The Hall–Kier alpha value is -1.80. The highest BCUT2D eigenvalue weighted by molar-refractivity contribution is 9.10. The first-order chi connectivity index (χ1) is 9.38. The molecule has 1 aromatic carbocycles. The summed E-state index contributed by atoms with van der Waals surface area (Å²) >= 11 is 3.04. The smallest absolute Gasteiger partial charge is 0.309 e. The van der Waals surface area contributed by atoms with E-state index in [1.165, 1.54) is 36.0 Å². The van der Waals surface area contributed by atoms with E-state index in [4.69, 9.17) is 0 Å². The summed E-state index contributed by atoms with van der Waals surface area (Å²) in [5, 5.41) is 24.7. The van der Waals surface area contributed by atoms with Crippen molar-refractivity contribution in [1.82, 2.24) is 9.78 Å². The van der Waals surface area contributed by atoms with Crippen LogP contribution in [0.3, 0.4) is 0 Å². The highest BCUT2D eigenvalue weighted by Gasteiger charge is 2.18. The molecule has 0 saturated heterocycles. The van der Waals surface area contributed by atoms with E-state index in [1.807, 2.05) is 0 Å². The van der Waals surface area contributed by atoms with Gasteiger partial charge in [-0.1, -0.05) is 6.07 Å². The molecule has 6 nitrogen and oxygen atoms in total. The Bertz CT molecular complexity index is 659. The number of aromatic nitrogens is 2. The first-order valence-corrected chi connectivity index (χ1v) is 6.49. The summed E-state index contributed by atoms with van der Waals surface area (Å²) in [4.78, 5) is 10.2. The third-order valence-electron chi connectivity index (χ3n) is 2.81. The lowest BCUT2D eigenvalue weighted by Gasteiger charge is -2.11. The van der Waals surface area contributed by atoms with Gasteiger partial charge in [0.1, 0.15) is 17.7 Å². The zero-order valence-electron chi connectivity index (χ0n) is 10.5. The second-order valence-corrected chi connectivity index (χ2v) is 5.12. The first-order valence-electron chi connectivity index (χ1n) is 5.70. The average molecular weight is 344 g/mol. The lowest BCUT2D eigenvalue weighted by molar-refractivity contribution is -0.385. The summed E-state index contributed by atoms with van der Waals surface area (Å²) in [6.45, 7) is 1.57. The maximum Gasteiger partial charge on any atom is 0.309 e. The molecule has 20 heavy (non-hydrogen) atoms. The van der Waals surface area contributed by atoms with Crippen LogP contribution in [0.4, 0.5) is 10.1 Å². The van der Waals surface area contributed by atoms with Gasteiger partial charge >= 0.3 is 5.69 Å². The van der Waals surface area contributed by atoms with Gasteiger partial charge in [0, 0.05) is 0 Å². The van der Waals surface area contributed by atoms with Crippen molar-refractivity contribution < 1.29 is 14.4 Å². The minimum Gasteiger partial charge on any atom is -0.386 e. The van der Waals surface area contributed by atoms with Gasteiger partial charge in [-0.15, -0.1) is 0 Å². The van der Waals surface area contributed by atoms with Crippen molar-refractivity contribution in [3.63, 3.8) is 0 Å². The Morgan fingerprint density at radius 2 is 2.30 bits per heavy atom. The third-order valence-corrected chi connectivity index (χ3v) is 3.41. The van der Waals surface area contributed by atoms with Gasteiger partial charge < -0.3 is 5.11 Å². The molecule has 106 valence electrons. The minimum absolute atomic E-state index is 0.0484. The third kappa shape index (κ3) is 3.02. The summed E-state index contributed by atoms with van der Waals surface area (Å²) in [7, 11) is 0. The number of benzene rings is 1. The van der Waals surface area contributed by atoms with Crippen LogP contribution in [0.1, 0.15) is 17.4 Å². The lowest BCUT2D eigenvalue weighted by Crippen LogP contribution is -2.09. The van der Waals surface area contributed by atoms with Crippen LogP contribution in [-0.2, 0) is 6.54 Å². The van der Waals surface area contributed by atoms with Gasteiger partial charge in [0.25, 0.3) is 0 Å². The predicted octanol–water partition coefficient (Wildman–Crippen LogP) is 2.73. The number of rotatable bonds is 4. The molecule has 0 unspecified atom stereocenters. The number of aryl methyl sites for hydroxylation is 1. The Balaban J connectivity index is 2.18. The van der Waals surface area contributed by atoms with Gasteiger partial charge in [0.15, 0.2) is 0 Å². The van der Waals surface area contributed by atoms with E-state index >= 15 is 0 Å². The van der Waals surface area contributed by atoms with Crippen LogP contribution in [0.25, 0.3) is 0 Å². The van der Waals surface area contributed by atoms with Crippen LogP contribution < -0.4 is 0 Å². The van der Waals surface area contributed by atoms with Gasteiger partial charge in [-0.05, 0) is 40.5 Å². The summed E-state index contributed by atoms with van der Waals surface area (Å²) in [5.41, 5.74) is 0.675. The standard InChI is InChI=1S/C12H11BrFN3O3/c1-7-11(17(19)20)5-16(15-7)6-12(18)8-2-3-10(14)9(13)4-8/h2-5,12,18H,6H2,1H3/t12-/m1/s1. The fourth-order valence-electron chi connectivity index (χ4n) is 1.78. The van der Waals surface area contributed by atoms with Gasteiger partial charge in [0.05, 0.1) is 22.0 Å². The summed E-state index contributed by atoms with van der Waals surface area (Å²) in [5.74, 6) is -0.425. The molecule has 0 amide bonds. The van der Waals surface area contributed by atoms with E-state index < -0.39 is 16.8 Å². The molecular formula is C12H11BrFN3O3. The molecule has 0 aliphatic rings. The highest BCUT2D eigenvalue weighted by Crippen LogP contribution is 2.23. The van der Waals surface area contributed by atoms with Crippen LogP contribution >= 0.6 is 15.9 Å². The number of hydrogen-bond donors (Lipinski definition) is 1. The summed E-state index contributed by atoms with van der Waals surface area (Å²) in [6.07, 6.45) is 0.322. The van der Waals surface area contributed by atoms with E-state index in [-0.39, 0.29) is 22.4 Å². The van der Waals surface area contributed by atoms with E-state index in [0.29, 0.717) is 5.56 Å². The van der Waals surface area contributed by atoms with Gasteiger partial charge in [-0.3, -0.25) is 14.8 Å². The largest absolute Gasteiger partial charge is 0.386 e. The number of hydrogen-bond acceptors (Lipinski definition) is 4. The molecule has 1 aromatic heterocycles. The second-order valence-electron chi connectivity index (χ2n) is 4.27. The molecule has 0 aliphatic carbocycles. The molecule has 1 heterocycles. The molecule has 2 aromatic rings. The maximum atomic E-state index is 13.1. The number of aliphatic hydroxyl groups is 1. The van der Waals surface area contributed by atoms with E-state index in [9.17, 15) is 19.6 Å². The molecule has 0 spiro atoms. The molecular weight excluding hydrogens is 333 g/mol. The quantitative estimate of drug-likeness (QED) is 0.683. The van der Waals surface area contributed by atoms with Gasteiger partial charge in [-0.25, -0.2) is 4.39 Å². The van der Waals surface area contributed by atoms with Crippen LogP contribution in [0.2, 0.25) is 0 Å².